The quantitative estimate of drug-likeness (QED) is 0.561. The van der Waals surface area contributed by atoms with E-state index in [0.717, 1.165) is 28.6 Å². The Morgan fingerprint density at radius 3 is 2.62 bits per heavy atom. The summed E-state index contributed by atoms with van der Waals surface area (Å²) in [6.45, 7) is 0.863. The summed E-state index contributed by atoms with van der Waals surface area (Å²) in [4.78, 5) is 13.6. The van der Waals surface area contributed by atoms with Crippen LogP contribution in [0.3, 0.4) is 0 Å². The lowest BCUT2D eigenvalue weighted by Crippen LogP contribution is -2.29. The average Bonchev–Trinajstić information content (AvgIpc) is 3.31. The minimum atomic E-state index is -0.0191. The van der Waals surface area contributed by atoms with Gasteiger partial charge < -0.3 is 5.32 Å². The molecule has 0 bridgehead atoms. The highest BCUT2D eigenvalue weighted by Gasteiger charge is 2.13. The predicted molar refractivity (Wildman–Crippen MR) is 106 cm³/mol. The molecule has 1 N–H and O–H groups in total. The summed E-state index contributed by atoms with van der Waals surface area (Å²) < 4.78 is 1.79. The number of aromatic nitrogens is 2. The molecule has 4 aromatic rings. The molecule has 130 valence electrons. The maximum absolute atomic E-state index is 12.4. The van der Waals surface area contributed by atoms with Crippen molar-refractivity contribution >= 4 is 28.1 Å². The lowest BCUT2D eigenvalue weighted by Gasteiger charge is -2.05. The largest absolute Gasteiger partial charge is 0.354 e. The molecule has 2 heterocycles. The number of hydrogen-bond acceptors (Lipinski definition) is 3. The maximum atomic E-state index is 12.4. The van der Waals surface area contributed by atoms with Crippen molar-refractivity contribution in [1.29, 1.82) is 0 Å². The number of hydrogen-bond donors (Lipinski definition) is 1. The highest BCUT2D eigenvalue weighted by atomic mass is 32.1. The molecule has 2 aromatic carbocycles. The smallest absolute Gasteiger partial charge is 0.241 e. The number of carbonyl (C=O) groups is 1. The first-order valence-electron chi connectivity index (χ1n) is 8.61. The van der Waals surface area contributed by atoms with Crippen molar-refractivity contribution in [3.63, 3.8) is 0 Å². The van der Waals surface area contributed by atoms with E-state index in [9.17, 15) is 4.79 Å². The molecule has 0 saturated carbocycles. The van der Waals surface area contributed by atoms with Gasteiger partial charge in [-0.15, -0.1) is 11.3 Å². The van der Waals surface area contributed by atoms with Gasteiger partial charge in [0.05, 0.1) is 5.52 Å². The highest BCUT2D eigenvalue weighted by molar-refractivity contribution is 7.09. The van der Waals surface area contributed by atoms with E-state index in [-0.39, 0.29) is 12.5 Å². The monoisotopic (exact) mass is 361 g/mol. The molecule has 0 aliphatic heterocycles. The van der Waals surface area contributed by atoms with Crippen LogP contribution in [-0.4, -0.2) is 22.2 Å². The Balaban J connectivity index is 1.52. The number of nitrogens with zero attached hydrogens (tertiary/aromatic N) is 2. The molecule has 0 spiro atoms. The van der Waals surface area contributed by atoms with Crippen molar-refractivity contribution in [1.82, 2.24) is 15.1 Å². The molecular weight excluding hydrogens is 342 g/mol. The predicted octanol–water partition coefficient (Wildman–Crippen LogP) is 4.12. The van der Waals surface area contributed by atoms with E-state index in [0.29, 0.717) is 6.54 Å². The van der Waals surface area contributed by atoms with E-state index in [1.54, 1.807) is 16.0 Å². The molecule has 4 nitrogen and oxygen atoms in total. The molecule has 4 rings (SSSR count). The zero-order valence-corrected chi connectivity index (χ0v) is 15.1. The van der Waals surface area contributed by atoms with Gasteiger partial charge in [0.2, 0.25) is 5.91 Å². The molecule has 0 saturated heterocycles. The fourth-order valence-corrected chi connectivity index (χ4v) is 3.74. The molecule has 2 aromatic heterocycles. The van der Waals surface area contributed by atoms with Gasteiger partial charge in [-0.25, -0.2) is 0 Å². The second kappa shape index (κ2) is 7.54. The van der Waals surface area contributed by atoms with Gasteiger partial charge in [-0.1, -0.05) is 54.6 Å². The first-order chi connectivity index (χ1) is 12.8. The zero-order valence-electron chi connectivity index (χ0n) is 14.3. The van der Waals surface area contributed by atoms with Gasteiger partial charge in [0.1, 0.15) is 12.2 Å². The zero-order chi connectivity index (χ0) is 17.8. The Morgan fingerprint density at radius 1 is 1.00 bits per heavy atom. The van der Waals surface area contributed by atoms with Gasteiger partial charge in [0.25, 0.3) is 0 Å². The Hall–Kier alpha value is -2.92. The van der Waals surface area contributed by atoms with Crippen LogP contribution in [-0.2, 0) is 17.8 Å². The summed E-state index contributed by atoms with van der Waals surface area (Å²) in [6.07, 6.45) is 0.860. The number of para-hydroxylation sites is 1. The maximum Gasteiger partial charge on any atom is 0.241 e. The number of thiophene rings is 1. The second-order valence-electron chi connectivity index (χ2n) is 6.07. The molecule has 0 unspecified atom stereocenters. The van der Waals surface area contributed by atoms with E-state index in [4.69, 9.17) is 5.10 Å². The molecule has 0 aliphatic carbocycles. The lowest BCUT2D eigenvalue weighted by molar-refractivity contribution is -0.121. The Bertz CT molecular complexity index is 1010. The van der Waals surface area contributed by atoms with Crippen molar-refractivity contribution in [3.05, 3.63) is 77.0 Å². The van der Waals surface area contributed by atoms with Gasteiger partial charge in [-0.05, 0) is 23.9 Å². The van der Waals surface area contributed by atoms with E-state index in [1.165, 1.54) is 4.88 Å². The van der Waals surface area contributed by atoms with Gasteiger partial charge >= 0.3 is 0 Å². The van der Waals surface area contributed by atoms with E-state index < -0.39 is 0 Å². The fourth-order valence-electron chi connectivity index (χ4n) is 3.03. The third kappa shape index (κ3) is 3.53. The van der Waals surface area contributed by atoms with Crippen molar-refractivity contribution in [2.24, 2.45) is 0 Å². The van der Waals surface area contributed by atoms with E-state index in [1.807, 2.05) is 54.6 Å². The number of carbonyl (C=O) groups excluding carboxylic acids is 1. The second-order valence-corrected chi connectivity index (χ2v) is 7.10. The summed E-state index contributed by atoms with van der Waals surface area (Å²) in [5.74, 6) is -0.0191. The molecule has 0 atom stereocenters. The minimum Gasteiger partial charge on any atom is -0.354 e. The molecule has 26 heavy (non-hydrogen) atoms. The van der Waals surface area contributed by atoms with Crippen LogP contribution in [0.2, 0.25) is 0 Å². The van der Waals surface area contributed by atoms with Crippen molar-refractivity contribution in [3.8, 4) is 11.3 Å². The molecule has 0 fully saturated rings. The highest BCUT2D eigenvalue weighted by Crippen LogP contribution is 2.27. The Labute approximate surface area is 156 Å². The topological polar surface area (TPSA) is 46.9 Å². The molecule has 0 radical (unpaired) electrons. The van der Waals surface area contributed by atoms with Gasteiger partial charge in [0.15, 0.2) is 0 Å². The number of fused-ring (bicyclic) bond motifs is 1. The van der Waals surface area contributed by atoms with Crippen molar-refractivity contribution in [2.45, 2.75) is 13.0 Å². The third-order valence-corrected chi connectivity index (χ3v) is 5.21. The summed E-state index contributed by atoms with van der Waals surface area (Å²) in [5.41, 5.74) is 2.94. The van der Waals surface area contributed by atoms with Crippen LogP contribution in [0.1, 0.15) is 4.88 Å². The number of rotatable bonds is 6. The van der Waals surface area contributed by atoms with E-state index >= 15 is 0 Å². The molecular formula is C21H19N3OS. The summed E-state index contributed by atoms with van der Waals surface area (Å²) in [6, 6.07) is 22.2. The van der Waals surface area contributed by atoms with Crippen LogP contribution in [0.25, 0.3) is 22.2 Å². The SMILES string of the molecule is O=C(Cn1nc(-c2ccccc2)c2ccccc21)NCCc1cccs1. The molecule has 0 aliphatic rings. The average molecular weight is 361 g/mol. The summed E-state index contributed by atoms with van der Waals surface area (Å²) in [7, 11) is 0. The minimum absolute atomic E-state index is 0.0191. The van der Waals surface area contributed by atoms with Crippen molar-refractivity contribution in [2.75, 3.05) is 6.54 Å². The van der Waals surface area contributed by atoms with Crippen LogP contribution < -0.4 is 5.32 Å². The van der Waals surface area contributed by atoms with Crippen LogP contribution >= 0.6 is 11.3 Å². The summed E-state index contributed by atoms with van der Waals surface area (Å²) in [5, 5.41) is 10.8. The van der Waals surface area contributed by atoms with Crippen LogP contribution in [0.15, 0.2) is 72.1 Å². The molecule has 1 amide bonds. The lowest BCUT2D eigenvalue weighted by atomic mass is 10.1. The number of benzene rings is 2. The first-order valence-corrected chi connectivity index (χ1v) is 9.49. The normalized spacial score (nSPS) is 10.9. The van der Waals surface area contributed by atoms with Crippen LogP contribution in [0.5, 0.6) is 0 Å². The Kier molecular flexibility index (Phi) is 4.80. The number of nitrogens with one attached hydrogen (secondary N) is 1. The van der Waals surface area contributed by atoms with Gasteiger partial charge in [-0.2, -0.15) is 5.10 Å². The van der Waals surface area contributed by atoms with Crippen molar-refractivity contribution < 1.29 is 4.79 Å². The standard InChI is InChI=1S/C21H19N3OS/c25-20(22-13-12-17-9-6-14-26-17)15-24-19-11-5-4-10-18(19)21(23-24)16-7-2-1-3-8-16/h1-11,14H,12-13,15H2,(H,22,25). The van der Waals surface area contributed by atoms with E-state index in [2.05, 4.69) is 22.8 Å². The Morgan fingerprint density at radius 2 is 1.81 bits per heavy atom. The number of amides is 1. The molecule has 5 heteroatoms. The fraction of sp³-hybridized carbons (Fsp3) is 0.143. The first kappa shape index (κ1) is 16.5. The summed E-state index contributed by atoms with van der Waals surface area (Å²) >= 11 is 1.71. The van der Waals surface area contributed by atoms with Crippen LogP contribution in [0.4, 0.5) is 0 Å². The van der Waals surface area contributed by atoms with Gasteiger partial charge in [-0.3, -0.25) is 9.48 Å². The third-order valence-electron chi connectivity index (χ3n) is 4.27. The van der Waals surface area contributed by atoms with Crippen LogP contribution in [0, 0.1) is 0 Å². The van der Waals surface area contributed by atoms with Gasteiger partial charge in [0, 0.05) is 22.4 Å².